The van der Waals surface area contributed by atoms with Gasteiger partial charge in [-0.15, -0.1) is 0 Å². The molecule has 0 aliphatic rings. The molecule has 0 aliphatic heterocycles. The molecule has 0 spiro atoms. The summed E-state index contributed by atoms with van der Waals surface area (Å²) < 4.78 is 0. The lowest BCUT2D eigenvalue weighted by molar-refractivity contribution is 0.566. The highest BCUT2D eigenvalue weighted by Crippen LogP contribution is 2.11. The third-order valence-electron chi connectivity index (χ3n) is 4.74. The van der Waals surface area contributed by atoms with Gasteiger partial charge in [-0.1, -0.05) is 115 Å². The first-order chi connectivity index (χ1) is 12.4. The summed E-state index contributed by atoms with van der Waals surface area (Å²) in [6.45, 7) is 4.53. The number of unbranched alkanes of at least 4 members (excludes halogenated alkanes) is 14. The lowest BCUT2D eigenvalue weighted by Crippen LogP contribution is -1.80. The zero-order valence-electron chi connectivity index (χ0n) is 17.5. The number of hydrogen-bond acceptors (Lipinski definition) is 0. The summed E-state index contributed by atoms with van der Waals surface area (Å²) in [6.07, 6.45) is 37.0. The van der Waals surface area contributed by atoms with E-state index in [9.17, 15) is 0 Å². The average molecular weight is 347 g/mol. The Morgan fingerprint density at radius 1 is 0.360 bits per heavy atom. The zero-order valence-corrected chi connectivity index (χ0v) is 17.5. The molecular formula is C25H46. The first-order valence-corrected chi connectivity index (χ1v) is 11.4. The number of allylic oxidation sites excluding steroid dienone is 6. The topological polar surface area (TPSA) is 0 Å². The maximum atomic E-state index is 2.41. The van der Waals surface area contributed by atoms with Crippen LogP contribution in [-0.2, 0) is 0 Å². The molecule has 0 aliphatic carbocycles. The molecular weight excluding hydrogens is 300 g/mol. The largest absolute Gasteiger partial charge is 0.0885 e. The van der Waals surface area contributed by atoms with Crippen LogP contribution in [0.25, 0.3) is 0 Å². The molecule has 0 N–H and O–H groups in total. The smallest absolute Gasteiger partial charge is 0.0347 e. The Kier molecular flexibility index (Phi) is 22.5. The van der Waals surface area contributed by atoms with Gasteiger partial charge in [-0.25, -0.2) is 0 Å². The minimum atomic E-state index is 1.23. The van der Waals surface area contributed by atoms with Crippen LogP contribution in [0.3, 0.4) is 0 Å². The van der Waals surface area contributed by atoms with Gasteiger partial charge in [0.1, 0.15) is 0 Å². The molecule has 0 aromatic carbocycles. The summed E-state index contributed by atoms with van der Waals surface area (Å²) >= 11 is 0. The summed E-state index contributed by atoms with van der Waals surface area (Å²) in [7, 11) is 0. The normalized spacial score (nSPS) is 12.2. The Morgan fingerprint density at radius 3 is 1.24 bits per heavy atom. The van der Waals surface area contributed by atoms with E-state index in [0.717, 1.165) is 0 Å². The summed E-state index contributed by atoms with van der Waals surface area (Å²) in [5.74, 6) is 0. The summed E-state index contributed by atoms with van der Waals surface area (Å²) in [5, 5.41) is 0. The molecule has 0 aromatic rings. The maximum absolute atomic E-state index is 2.41. The van der Waals surface area contributed by atoms with Crippen LogP contribution in [0.4, 0.5) is 0 Å². The van der Waals surface area contributed by atoms with Gasteiger partial charge in [0, 0.05) is 0 Å². The van der Waals surface area contributed by atoms with Gasteiger partial charge in [-0.2, -0.15) is 0 Å². The number of rotatable bonds is 19. The van der Waals surface area contributed by atoms with E-state index in [2.05, 4.69) is 50.3 Å². The molecule has 0 fully saturated rings. The Bertz CT molecular complexity index is 308. The fourth-order valence-electron chi connectivity index (χ4n) is 3.00. The van der Waals surface area contributed by atoms with Gasteiger partial charge in [-0.05, 0) is 44.9 Å². The highest BCUT2D eigenvalue weighted by atomic mass is 14.0. The molecule has 25 heavy (non-hydrogen) atoms. The van der Waals surface area contributed by atoms with E-state index in [1.165, 1.54) is 109 Å². The van der Waals surface area contributed by atoms with Crippen molar-refractivity contribution in [1.82, 2.24) is 0 Å². The second-order valence-electron chi connectivity index (χ2n) is 7.37. The van der Waals surface area contributed by atoms with Crippen LogP contribution < -0.4 is 0 Å². The Labute approximate surface area is 159 Å². The maximum Gasteiger partial charge on any atom is -0.0347 e. The molecule has 0 rings (SSSR count). The molecule has 0 bridgehead atoms. The van der Waals surface area contributed by atoms with Crippen molar-refractivity contribution in [3.63, 3.8) is 0 Å². The van der Waals surface area contributed by atoms with Crippen molar-refractivity contribution < 1.29 is 0 Å². The molecule has 146 valence electrons. The molecule has 0 saturated carbocycles. The summed E-state index contributed by atoms with van der Waals surface area (Å²) in [6, 6.07) is 0. The van der Waals surface area contributed by atoms with Gasteiger partial charge >= 0.3 is 0 Å². The van der Waals surface area contributed by atoms with Crippen LogP contribution >= 0.6 is 0 Å². The van der Waals surface area contributed by atoms with Crippen molar-refractivity contribution in [2.24, 2.45) is 0 Å². The van der Waals surface area contributed by atoms with Gasteiger partial charge < -0.3 is 0 Å². The number of hydrogen-bond donors (Lipinski definition) is 0. The van der Waals surface area contributed by atoms with Crippen molar-refractivity contribution in [2.45, 2.75) is 123 Å². The van der Waals surface area contributed by atoms with Crippen molar-refractivity contribution in [2.75, 3.05) is 0 Å². The van der Waals surface area contributed by atoms with E-state index in [1.54, 1.807) is 0 Å². The van der Waals surface area contributed by atoms with Gasteiger partial charge in [0.05, 0.1) is 0 Å². The fraction of sp³-hybridized carbons (Fsp3) is 0.760. The molecule has 0 saturated heterocycles. The van der Waals surface area contributed by atoms with Gasteiger partial charge in [-0.3, -0.25) is 0 Å². The van der Waals surface area contributed by atoms with Crippen LogP contribution in [0.2, 0.25) is 0 Å². The molecule has 0 heterocycles. The zero-order chi connectivity index (χ0) is 18.3. The van der Waals surface area contributed by atoms with E-state index in [-0.39, 0.29) is 0 Å². The SMILES string of the molecule is CCCC/C=C/C=C/CCCC/C=C/CCCCCCCCCCC. The Morgan fingerprint density at radius 2 is 0.720 bits per heavy atom. The van der Waals surface area contributed by atoms with E-state index in [0.29, 0.717) is 0 Å². The first kappa shape index (κ1) is 24.2. The highest BCUT2D eigenvalue weighted by molar-refractivity contribution is 5.02. The molecule has 0 unspecified atom stereocenters. The molecule has 0 heteroatoms. The van der Waals surface area contributed by atoms with E-state index < -0.39 is 0 Å². The quantitative estimate of drug-likeness (QED) is 0.124. The van der Waals surface area contributed by atoms with Crippen molar-refractivity contribution in [3.05, 3.63) is 36.5 Å². The van der Waals surface area contributed by atoms with Crippen LogP contribution in [0, 0.1) is 0 Å². The first-order valence-electron chi connectivity index (χ1n) is 11.4. The molecule has 0 amide bonds. The van der Waals surface area contributed by atoms with E-state index in [4.69, 9.17) is 0 Å². The van der Waals surface area contributed by atoms with Crippen LogP contribution in [0.1, 0.15) is 123 Å². The minimum Gasteiger partial charge on any atom is -0.0885 e. The Balaban J connectivity index is 3.18. The van der Waals surface area contributed by atoms with Crippen molar-refractivity contribution in [1.29, 1.82) is 0 Å². The van der Waals surface area contributed by atoms with E-state index in [1.807, 2.05) is 0 Å². The molecule has 0 atom stereocenters. The third-order valence-corrected chi connectivity index (χ3v) is 4.74. The second-order valence-corrected chi connectivity index (χ2v) is 7.37. The molecule has 0 aromatic heterocycles. The van der Waals surface area contributed by atoms with Crippen LogP contribution in [0.15, 0.2) is 36.5 Å². The van der Waals surface area contributed by atoms with Gasteiger partial charge in [0.25, 0.3) is 0 Å². The average Bonchev–Trinajstić information content (AvgIpc) is 2.63. The summed E-state index contributed by atoms with van der Waals surface area (Å²) in [5.41, 5.74) is 0. The molecule has 0 nitrogen and oxygen atoms in total. The van der Waals surface area contributed by atoms with E-state index >= 15 is 0 Å². The third kappa shape index (κ3) is 23.2. The fourth-order valence-corrected chi connectivity index (χ4v) is 3.00. The molecule has 0 radical (unpaired) electrons. The monoisotopic (exact) mass is 346 g/mol. The predicted molar refractivity (Wildman–Crippen MR) is 117 cm³/mol. The predicted octanol–water partition coefficient (Wildman–Crippen LogP) is 9.33. The lowest BCUT2D eigenvalue weighted by Gasteiger charge is -2.00. The standard InChI is InChI=1S/C25H46/c1-3-5-7-9-11-13-15-17-19-21-23-25-24-22-20-18-16-14-12-10-8-6-4-2/h9,11,13,15,24-25H,3-8,10,12,14,16-23H2,1-2H3/b11-9+,15-13+,25-24+. The van der Waals surface area contributed by atoms with Crippen LogP contribution in [0.5, 0.6) is 0 Å². The van der Waals surface area contributed by atoms with Crippen molar-refractivity contribution >= 4 is 0 Å². The second kappa shape index (κ2) is 23.2. The van der Waals surface area contributed by atoms with Gasteiger partial charge in [0.2, 0.25) is 0 Å². The highest BCUT2D eigenvalue weighted by Gasteiger charge is 1.91. The lowest BCUT2D eigenvalue weighted by atomic mass is 10.1. The Hall–Kier alpha value is -0.780. The summed E-state index contributed by atoms with van der Waals surface area (Å²) in [4.78, 5) is 0. The van der Waals surface area contributed by atoms with Crippen LogP contribution in [-0.4, -0.2) is 0 Å². The minimum absolute atomic E-state index is 1.23. The van der Waals surface area contributed by atoms with Crippen molar-refractivity contribution in [3.8, 4) is 0 Å². The van der Waals surface area contributed by atoms with Gasteiger partial charge in [0.15, 0.2) is 0 Å².